The van der Waals surface area contributed by atoms with Crippen molar-refractivity contribution in [1.82, 2.24) is 10.3 Å². The normalized spacial score (nSPS) is 22.0. The number of anilines is 1. The van der Waals surface area contributed by atoms with Crippen LogP contribution in [0.2, 0.25) is 0 Å². The second-order valence-corrected chi connectivity index (χ2v) is 5.86. The van der Waals surface area contributed by atoms with Crippen LogP contribution in [-0.2, 0) is 14.3 Å². The predicted octanol–water partition coefficient (Wildman–Crippen LogP) is 0.352. The van der Waals surface area contributed by atoms with Crippen molar-refractivity contribution in [3.63, 3.8) is 0 Å². The van der Waals surface area contributed by atoms with Crippen LogP contribution >= 0.6 is 0 Å². The molecule has 1 aromatic heterocycles. The van der Waals surface area contributed by atoms with Crippen LogP contribution in [0.25, 0.3) is 0 Å². The summed E-state index contributed by atoms with van der Waals surface area (Å²) in [5.41, 5.74) is 0.0697. The number of rotatable bonds is 3. The molecule has 2 amide bonds. The van der Waals surface area contributed by atoms with Gasteiger partial charge in [0.2, 0.25) is 11.8 Å². The van der Waals surface area contributed by atoms with Crippen LogP contribution in [0.15, 0.2) is 18.3 Å². The third kappa shape index (κ3) is 2.57. The molecule has 1 spiro atoms. The van der Waals surface area contributed by atoms with E-state index in [0.717, 1.165) is 5.82 Å². The SMILES string of the molecule is COC(O)c1ccc(N2CCC3(CC2)CC(=O)NC3=O)nc1. The Morgan fingerprint density at radius 2 is 2.09 bits per heavy atom. The van der Waals surface area contributed by atoms with Crippen molar-refractivity contribution in [2.75, 3.05) is 25.1 Å². The largest absolute Gasteiger partial charge is 0.364 e. The molecular formula is C15H19N3O4. The molecule has 3 rings (SSSR count). The predicted molar refractivity (Wildman–Crippen MR) is 77.9 cm³/mol. The van der Waals surface area contributed by atoms with Crippen molar-refractivity contribution >= 4 is 17.6 Å². The number of methoxy groups -OCH3 is 1. The summed E-state index contributed by atoms with van der Waals surface area (Å²) in [6.45, 7) is 1.36. The number of amides is 2. The van der Waals surface area contributed by atoms with E-state index in [1.54, 1.807) is 12.3 Å². The zero-order chi connectivity index (χ0) is 15.7. The van der Waals surface area contributed by atoms with Crippen LogP contribution in [0.4, 0.5) is 5.82 Å². The number of nitrogens with one attached hydrogen (secondary N) is 1. The molecule has 3 heterocycles. The van der Waals surface area contributed by atoms with Crippen LogP contribution in [0.5, 0.6) is 0 Å². The summed E-state index contributed by atoms with van der Waals surface area (Å²) in [5, 5.41) is 12.0. The van der Waals surface area contributed by atoms with E-state index in [4.69, 9.17) is 4.74 Å². The number of aliphatic hydroxyl groups excluding tert-OH is 1. The fourth-order valence-corrected chi connectivity index (χ4v) is 3.13. The van der Waals surface area contributed by atoms with Gasteiger partial charge in [-0.05, 0) is 25.0 Å². The van der Waals surface area contributed by atoms with Gasteiger partial charge in [-0.15, -0.1) is 0 Å². The van der Waals surface area contributed by atoms with Gasteiger partial charge < -0.3 is 14.7 Å². The number of hydrogen-bond donors (Lipinski definition) is 2. The Hall–Kier alpha value is -1.99. The maximum absolute atomic E-state index is 11.9. The van der Waals surface area contributed by atoms with Crippen LogP contribution in [0, 0.1) is 5.41 Å². The summed E-state index contributed by atoms with van der Waals surface area (Å²) in [7, 11) is 1.43. The first kappa shape index (κ1) is 14.9. The fourth-order valence-electron chi connectivity index (χ4n) is 3.13. The number of aliphatic hydroxyl groups is 1. The van der Waals surface area contributed by atoms with Gasteiger partial charge in [0.1, 0.15) is 5.82 Å². The molecule has 2 saturated heterocycles. The molecule has 2 aliphatic rings. The molecule has 118 valence electrons. The highest BCUT2D eigenvalue weighted by molar-refractivity contribution is 6.06. The van der Waals surface area contributed by atoms with E-state index in [2.05, 4.69) is 15.2 Å². The second-order valence-electron chi connectivity index (χ2n) is 5.86. The Labute approximate surface area is 128 Å². The standard InChI is InChI=1S/C15H19N3O4/c1-22-13(20)10-2-3-11(16-9-10)18-6-4-15(5-7-18)8-12(19)17-14(15)21/h2-3,9,13,20H,4-8H2,1H3,(H,17,19,21). The van der Waals surface area contributed by atoms with Gasteiger partial charge in [-0.25, -0.2) is 4.98 Å². The molecule has 0 bridgehead atoms. The average molecular weight is 305 g/mol. The van der Waals surface area contributed by atoms with E-state index in [9.17, 15) is 14.7 Å². The van der Waals surface area contributed by atoms with Gasteiger partial charge in [0.05, 0.1) is 5.41 Å². The van der Waals surface area contributed by atoms with Gasteiger partial charge in [0, 0.05) is 38.4 Å². The summed E-state index contributed by atoms with van der Waals surface area (Å²) >= 11 is 0. The van der Waals surface area contributed by atoms with Crippen molar-refractivity contribution in [2.45, 2.75) is 25.6 Å². The van der Waals surface area contributed by atoms with Crippen LogP contribution in [0.1, 0.15) is 31.1 Å². The lowest BCUT2D eigenvalue weighted by Gasteiger charge is -2.37. The number of hydrogen-bond acceptors (Lipinski definition) is 6. The molecule has 2 N–H and O–H groups in total. The molecule has 1 atom stereocenters. The minimum absolute atomic E-state index is 0.135. The Morgan fingerprint density at radius 1 is 1.36 bits per heavy atom. The third-order valence-corrected chi connectivity index (χ3v) is 4.56. The number of imide groups is 1. The Balaban J connectivity index is 1.66. The Kier molecular flexibility index (Phi) is 3.84. The molecular weight excluding hydrogens is 286 g/mol. The first-order valence-corrected chi connectivity index (χ1v) is 7.30. The van der Waals surface area contributed by atoms with E-state index in [0.29, 0.717) is 37.9 Å². The summed E-state index contributed by atoms with van der Waals surface area (Å²) in [6, 6.07) is 3.60. The highest BCUT2D eigenvalue weighted by Gasteiger charge is 2.48. The fraction of sp³-hybridized carbons (Fsp3) is 0.533. The number of ether oxygens (including phenoxy) is 1. The first-order chi connectivity index (χ1) is 10.5. The van der Waals surface area contributed by atoms with Crippen LogP contribution in [0.3, 0.4) is 0 Å². The maximum Gasteiger partial charge on any atom is 0.233 e. The summed E-state index contributed by atoms with van der Waals surface area (Å²) < 4.78 is 4.83. The van der Waals surface area contributed by atoms with Gasteiger partial charge >= 0.3 is 0 Å². The third-order valence-electron chi connectivity index (χ3n) is 4.56. The minimum atomic E-state index is -0.973. The minimum Gasteiger partial charge on any atom is -0.364 e. The van der Waals surface area contributed by atoms with Crippen molar-refractivity contribution in [3.8, 4) is 0 Å². The smallest absolute Gasteiger partial charge is 0.233 e. The van der Waals surface area contributed by atoms with Crippen molar-refractivity contribution < 1.29 is 19.4 Å². The van der Waals surface area contributed by atoms with Crippen molar-refractivity contribution in [2.24, 2.45) is 5.41 Å². The molecule has 2 aliphatic heterocycles. The first-order valence-electron chi connectivity index (χ1n) is 7.30. The number of carbonyl (C=O) groups is 2. The van der Waals surface area contributed by atoms with E-state index in [1.807, 2.05) is 6.07 Å². The van der Waals surface area contributed by atoms with Crippen LogP contribution < -0.4 is 10.2 Å². The summed E-state index contributed by atoms with van der Waals surface area (Å²) in [4.78, 5) is 29.8. The molecule has 0 saturated carbocycles. The lowest BCUT2D eigenvalue weighted by atomic mass is 9.77. The quantitative estimate of drug-likeness (QED) is 0.618. The maximum atomic E-state index is 11.9. The number of carbonyl (C=O) groups excluding carboxylic acids is 2. The molecule has 0 aromatic carbocycles. The number of piperidine rings is 1. The van der Waals surface area contributed by atoms with Crippen molar-refractivity contribution in [3.05, 3.63) is 23.9 Å². The van der Waals surface area contributed by atoms with E-state index in [1.165, 1.54) is 7.11 Å². The molecule has 22 heavy (non-hydrogen) atoms. The van der Waals surface area contributed by atoms with E-state index >= 15 is 0 Å². The summed E-state index contributed by atoms with van der Waals surface area (Å²) in [5.74, 6) is 0.491. The number of pyridine rings is 1. The lowest BCUT2D eigenvalue weighted by Crippen LogP contribution is -2.44. The van der Waals surface area contributed by atoms with Crippen molar-refractivity contribution in [1.29, 1.82) is 0 Å². The molecule has 7 heteroatoms. The molecule has 0 aliphatic carbocycles. The average Bonchev–Trinajstić information content (AvgIpc) is 2.81. The van der Waals surface area contributed by atoms with Gasteiger partial charge in [0.25, 0.3) is 0 Å². The zero-order valence-corrected chi connectivity index (χ0v) is 12.4. The molecule has 0 radical (unpaired) electrons. The lowest BCUT2D eigenvalue weighted by molar-refractivity contribution is -0.129. The molecule has 1 unspecified atom stereocenters. The second kappa shape index (κ2) is 5.66. The van der Waals surface area contributed by atoms with Gasteiger partial charge in [-0.2, -0.15) is 0 Å². The number of nitrogens with zero attached hydrogens (tertiary/aromatic N) is 2. The highest BCUT2D eigenvalue weighted by Crippen LogP contribution is 2.39. The molecule has 7 nitrogen and oxygen atoms in total. The topological polar surface area (TPSA) is 91.8 Å². The Bertz CT molecular complexity index is 579. The summed E-state index contributed by atoms with van der Waals surface area (Å²) in [6.07, 6.45) is 2.20. The van der Waals surface area contributed by atoms with Crippen LogP contribution in [-0.4, -0.2) is 42.1 Å². The monoisotopic (exact) mass is 305 g/mol. The van der Waals surface area contributed by atoms with Gasteiger partial charge in [0.15, 0.2) is 6.29 Å². The van der Waals surface area contributed by atoms with E-state index in [-0.39, 0.29) is 11.8 Å². The van der Waals surface area contributed by atoms with Gasteiger partial charge in [-0.3, -0.25) is 14.9 Å². The Morgan fingerprint density at radius 3 is 2.59 bits per heavy atom. The number of aromatic nitrogens is 1. The molecule has 2 fully saturated rings. The van der Waals surface area contributed by atoms with E-state index < -0.39 is 11.7 Å². The molecule has 1 aromatic rings. The highest BCUT2D eigenvalue weighted by atomic mass is 16.6. The van der Waals surface area contributed by atoms with Gasteiger partial charge in [-0.1, -0.05) is 0 Å². The zero-order valence-electron chi connectivity index (χ0n) is 12.4.